The maximum absolute atomic E-state index is 13.5. The van der Waals surface area contributed by atoms with Crippen molar-refractivity contribution in [1.82, 2.24) is 25.1 Å². The molecule has 0 bridgehead atoms. The second-order valence-electron chi connectivity index (χ2n) is 6.33. The molecule has 4 rings (SSSR count). The van der Waals surface area contributed by atoms with E-state index in [2.05, 4.69) is 24.9 Å². The van der Waals surface area contributed by atoms with Crippen LogP contribution in [0, 0.1) is 5.82 Å². The molecule has 4 heterocycles. The molecule has 3 aromatic rings. The smallest absolute Gasteiger partial charge is 0.482 e. The van der Waals surface area contributed by atoms with Crippen LogP contribution in [0.2, 0.25) is 0 Å². The summed E-state index contributed by atoms with van der Waals surface area (Å²) in [7, 11) is 0. The van der Waals surface area contributed by atoms with Crippen LogP contribution in [0.25, 0.3) is 0 Å². The summed E-state index contributed by atoms with van der Waals surface area (Å²) < 4.78 is 64.0. The van der Waals surface area contributed by atoms with Crippen molar-refractivity contribution in [3.8, 4) is 11.6 Å². The molecule has 1 fully saturated rings. The van der Waals surface area contributed by atoms with Crippen molar-refractivity contribution < 1.29 is 36.2 Å². The number of halogens is 4. The number of pyridine rings is 1. The summed E-state index contributed by atoms with van der Waals surface area (Å²) in [5.41, 5.74) is 0.415. The molecule has 0 aliphatic carbocycles. The van der Waals surface area contributed by atoms with Crippen molar-refractivity contribution in [1.29, 1.82) is 0 Å². The zero-order valence-electron chi connectivity index (χ0n) is 15.0. The Bertz CT molecular complexity index is 1030. The van der Waals surface area contributed by atoms with Crippen LogP contribution in [-0.4, -0.2) is 50.4 Å². The van der Waals surface area contributed by atoms with Crippen LogP contribution in [0.3, 0.4) is 0 Å². The molecule has 1 saturated heterocycles. The first kappa shape index (κ1) is 19.7. The number of rotatable bonds is 6. The van der Waals surface area contributed by atoms with E-state index in [1.165, 1.54) is 17.2 Å². The second-order valence-corrected chi connectivity index (χ2v) is 6.33. The first-order chi connectivity index (χ1) is 14.3. The van der Waals surface area contributed by atoms with E-state index in [0.717, 1.165) is 18.5 Å². The number of alkyl halides is 3. The van der Waals surface area contributed by atoms with Gasteiger partial charge in [0.15, 0.2) is 18.1 Å². The number of ether oxygens (including phenoxy) is 2. The Balaban J connectivity index is 1.28. The number of hydrogen-bond donors (Lipinski definition) is 1. The van der Waals surface area contributed by atoms with Gasteiger partial charge in [0, 0.05) is 25.1 Å². The average molecular weight is 427 g/mol. The van der Waals surface area contributed by atoms with Crippen LogP contribution in [0.15, 0.2) is 35.2 Å². The molecule has 3 aromatic heterocycles. The molecule has 1 aliphatic heterocycles. The Morgan fingerprint density at radius 3 is 2.73 bits per heavy atom. The number of H-pyrrole nitrogens is 1. The topological polar surface area (TPSA) is 106 Å². The predicted octanol–water partition coefficient (Wildman–Crippen LogP) is 2.65. The molecule has 1 N–H and O–H groups in total. The van der Waals surface area contributed by atoms with E-state index in [0.29, 0.717) is 18.8 Å². The highest BCUT2D eigenvalue weighted by Crippen LogP contribution is 2.28. The van der Waals surface area contributed by atoms with Gasteiger partial charge in [0.25, 0.3) is 5.91 Å². The number of amides is 1. The van der Waals surface area contributed by atoms with Gasteiger partial charge < -0.3 is 18.8 Å². The van der Waals surface area contributed by atoms with Crippen molar-refractivity contribution in [2.75, 3.05) is 13.1 Å². The molecular formula is C17H13F4N5O4. The van der Waals surface area contributed by atoms with Crippen LogP contribution in [0.4, 0.5) is 17.6 Å². The standard InChI is InChI=1S/C17H13F4N5O4/c18-11-4-23-25-15(11)9-5-26(6-9)16(27)12-7-29-14(24-12)8-28-10-1-2-13(22-3-10)30-17(19,20)21/h1-4,7,9H,5-6,8H2,(H,23,25). The zero-order valence-corrected chi connectivity index (χ0v) is 15.0. The third kappa shape index (κ3) is 4.34. The van der Waals surface area contributed by atoms with E-state index in [1.54, 1.807) is 0 Å². The van der Waals surface area contributed by atoms with Gasteiger partial charge in [-0.05, 0) is 6.07 Å². The molecule has 0 aromatic carbocycles. The number of hydrogen-bond acceptors (Lipinski definition) is 7. The number of nitrogens with one attached hydrogen (secondary N) is 1. The summed E-state index contributed by atoms with van der Waals surface area (Å²) in [6.45, 7) is 0.458. The van der Waals surface area contributed by atoms with Crippen molar-refractivity contribution in [3.63, 3.8) is 0 Å². The minimum atomic E-state index is -4.83. The summed E-state index contributed by atoms with van der Waals surface area (Å²) in [6, 6.07) is 2.23. The molecule has 158 valence electrons. The van der Waals surface area contributed by atoms with Gasteiger partial charge >= 0.3 is 6.36 Å². The molecule has 1 aliphatic rings. The summed E-state index contributed by atoms with van der Waals surface area (Å²) in [5.74, 6) is -1.37. The highest BCUT2D eigenvalue weighted by atomic mass is 19.4. The maximum Gasteiger partial charge on any atom is 0.574 e. The SMILES string of the molecule is O=C(c1coc(COc2ccc(OC(F)(F)F)nc2)n1)N1CC(c2[nH]ncc2F)C1. The third-order valence-electron chi connectivity index (χ3n) is 4.26. The molecule has 0 atom stereocenters. The van der Waals surface area contributed by atoms with Crippen LogP contribution in [0.5, 0.6) is 11.6 Å². The van der Waals surface area contributed by atoms with E-state index in [1.807, 2.05) is 0 Å². The lowest BCUT2D eigenvalue weighted by Gasteiger charge is -2.38. The van der Waals surface area contributed by atoms with E-state index in [4.69, 9.17) is 9.15 Å². The summed E-state index contributed by atoms with van der Waals surface area (Å²) in [6.07, 6.45) is -1.54. The lowest BCUT2D eigenvalue weighted by atomic mass is 9.96. The van der Waals surface area contributed by atoms with E-state index in [9.17, 15) is 22.4 Å². The van der Waals surface area contributed by atoms with Gasteiger partial charge in [-0.3, -0.25) is 9.89 Å². The molecule has 0 saturated carbocycles. The highest BCUT2D eigenvalue weighted by molar-refractivity contribution is 5.92. The van der Waals surface area contributed by atoms with Crippen molar-refractivity contribution in [2.24, 2.45) is 0 Å². The predicted molar refractivity (Wildman–Crippen MR) is 88.9 cm³/mol. The summed E-state index contributed by atoms with van der Waals surface area (Å²) in [4.78, 5) is 21.4. The Hall–Kier alpha value is -3.64. The van der Waals surface area contributed by atoms with Gasteiger partial charge in [-0.2, -0.15) is 5.10 Å². The molecule has 9 nitrogen and oxygen atoms in total. The minimum Gasteiger partial charge on any atom is -0.482 e. The molecule has 0 radical (unpaired) electrons. The van der Waals surface area contributed by atoms with Gasteiger partial charge in [0.05, 0.1) is 18.1 Å². The lowest BCUT2D eigenvalue weighted by molar-refractivity contribution is -0.276. The van der Waals surface area contributed by atoms with Gasteiger partial charge in [-0.1, -0.05) is 0 Å². The number of aromatic amines is 1. The normalized spacial score (nSPS) is 14.5. The number of likely N-dealkylation sites (tertiary alicyclic amines) is 1. The first-order valence-electron chi connectivity index (χ1n) is 8.55. The largest absolute Gasteiger partial charge is 0.574 e. The first-order valence-corrected chi connectivity index (χ1v) is 8.55. The maximum atomic E-state index is 13.5. The van der Waals surface area contributed by atoms with Crippen LogP contribution < -0.4 is 9.47 Å². The van der Waals surface area contributed by atoms with Crippen molar-refractivity contribution in [2.45, 2.75) is 18.9 Å². The Morgan fingerprint density at radius 2 is 2.10 bits per heavy atom. The third-order valence-corrected chi connectivity index (χ3v) is 4.26. The Labute approximate surface area is 165 Å². The van der Waals surface area contributed by atoms with Gasteiger partial charge in [0.1, 0.15) is 12.0 Å². The monoisotopic (exact) mass is 427 g/mol. The van der Waals surface area contributed by atoms with Crippen LogP contribution >= 0.6 is 0 Å². The Kier molecular flexibility index (Phi) is 5.01. The molecular weight excluding hydrogens is 414 g/mol. The van der Waals surface area contributed by atoms with E-state index < -0.39 is 18.1 Å². The molecule has 0 unspecified atom stereocenters. The van der Waals surface area contributed by atoms with Gasteiger partial charge in [-0.15, -0.1) is 13.2 Å². The van der Waals surface area contributed by atoms with E-state index >= 15 is 0 Å². The van der Waals surface area contributed by atoms with E-state index in [-0.39, 0.29) is 35.8 Å². The number of carbonyl (C=O) groups excluding carboxylic acids is 1. The molecule has 0 spiro atoms. The minimum absolute atomic E-state index is 0.0594. The quantitative estimate of drug-likeness (QED) is 0.603. The molecule has 1 amide bonds. The summed E-state index contributed by atoms with van der Waals surface area (Å²) in [5, 5.41) is 6.19. The fraction of sp³-hybridized carbons (Fsp3) is 0.294. The average Bonchev–Trinajstić information content (AvgIpc) is 3.28. The number of oxazole rings is 1. The molecule has 30 heavy (non-hydrogen) atoms. The fourth-order valence-corrected chi connectivity index (χ4v) is 2.81. The summed E-state index contributed by atoms with van der Waals surface area (Å²) >= 11 is 0. The van der Waals surface area contributed by atoms with Crippen LogP contribution in [0.1, 0.15) is 28.0 Å². The van der Waals surface area contributed by atoms with Gasteiger partial charge in [-0.25, -0.2) is 14.4 Å². The molecule has 13 heteroatoms. The number of carbonyl (C=O) groups is 1. The fourth-order valence-electron chi connectivity index (χ4n) is 2.81. The number of nitrogens with zero attached hydrogens (tertiary/aromatic N) is 4. The second kappa shape index (κ2) is 7.65. The highest BCUT2D eigenvalue weighted by Gasteiger charge is 2.36. The van der Waals surface area contributed by atoms with Crippen molar-refractivity contribution in [3.05, 3.63) is 53.9 Å². The van der Waals surface area contributed by atoms with Gasteiger partial charge in [0.2, 0.25) is 11.8 Å². The Morgan fingerprint density at radius 1 is 1.30 bits per heavy atom. The number of aromatic nitrogens is 4. The lowest BCUT2D eigenvalue weighted by Crippen LogP contribution is -2.49. The zero-order chi connectivity index (χ0) is 21.3. The van der Waals surface area contributed by atoms with Crippen LogP contribution in [-0.2, 0) is 6.61 Å². The van der Waals surface area contributed by atoms with Crippen molar-refractivity contribution >= 4 is 5.91 Å².